The van der Waals surface area contributed by atoms with Crippen molar-refractivity contribution in [3.05, 3.63) is 255 Å². The van der Waals surface area contributed by atoms with Gasteiger partial charge in [0.15, 0.2) is 0 Å². The SMILES string of the molecule is c1cc(Oc2cc(Oc3cccc(-n4c5ccccc5c5cc(-n6c7ccccc7c7ccccc76)ccc54)c3)cc(-n3c4ccccc4c4ccccc43)c2)cc(-n2c3ccccc3c3ccccc32)c1. The lowest BCUT2D eigenvalue weighted by Gasteiger charge is -2.16. The van der Waals surface area contributed by atoms with Gasteiger partial charge in [-0.3, -0.25) is 0 Å². The first-order chi connectivity index (χ1) is 35.7. The number of aromatic nitrogens is 4. The average Bonchev–Trinajstić information content (AvgIpc) is 4.16. The van der Waals surface area contributed by atoms with Crippen LogP contribution in [0.25, 0.3) is 110 Å². The third kappa shape index (κ3) is 6.22. The zero-order chi connectivity index (χ0) is 47.3. The Bertz CT molecular complexity index is 4500. The molecule has 6 heteroatoms. The first-order valence-corrected chi connectivity index (χ1v) is 24.4. The number of para-hydroxylation sites is 7. The molecular weight excluding hydrogens is 881 g/mol. The van der Waals surface area contributed by atoms with E-state index in [1.807, 2.05) is 18.2 Å². The number of nitrogens with zero attached hydrogens (tertiary/aromatic N) is 4. The smallest absolute Gasteiger partial charge is 0.133 e. The molecule has 338 valence electrons. The fourth-order valence-corrected chi connectivity index (χ4v) is 11.4. The van der Waals surface area contributed by atoms with E-state index in [1.165, 1.54) is 54.1 Å². The van der Waals surface area contributed by atoms with Crippen molar-refractivity contribution >= 4 is 87.2 Å². The Morgan fingerprint density at radius 3 is 0.819 bits per heavy atom. The van der Waals surface area contributed by atoms with Gasteiger partial charge in [-0.25, -0.2) is 0 Å². The number of hydrogen-bond donors (Lipinski definition) is 0. The lowest BCUT2D eigenvalue weighted by Crippen LogP contribution is -1.98. The Morgan fingerprint density at radius 1 is 0.181 bits per heavy atom. The van der Waals surface area contributed by atoms with Crippen LogP contribution in [0, 0.1) is 0 Å². The molecule has 0 radical (unpaired) electrons. The van der Waals surface area contributed by atoms with E-state index in [4.69, 9.17) is 9.47 Å². The van der Waals surface area contributed by atoms with Crippen LogP contribution in [0.15, 0.2) is 255 Å². The summed E-state index contributed by atoms with van der Waals surface area (Å²) < 4.78 is 23.3. The molecule has 0 fully saturated rings. The third-order valence-corrected chi connectivity index (χ3v) is 14.4. The molecule has 0 bridgehead atoms. The minimum absolute atomic E-state index is 0.651. The van der Waals surface area contributed by atoms with Gasteiger partial charge in [0.05, 0.1) is 49.8 Å². The van der Waals surface area contributed by atoms with Crippen LogP contribution in [-0.4, -0.2) is 18.3 Å². The minimum Gasteiger partial charge on any atom is -0.457 e. The van der Waals surface area contributed by atoms with Crippen molar-refractivity contribution in [3.8, 4) is 45.7 Å². The lowest BCUT2D eigenvalue weighted by atomic mass is 10.1. The highest BCUT2D eigenvalue weighted by atomic mass is 16.5. The first kappa shape index (κ1) is 40.1. The van der Waals surface area contributed by atoms with E-state index in [9.17, 15) is 0 Å². The van der Waals surface area contributed by atoms with Crippen LogP contribution in [-0.2, 0) is 0 Å². The Kier molecular flexibility index (Phi) is 8.86. The predicted molar refractivity (Wildman–Crippen MR) is 297 cm³/mol. The maximum absolute atomic E-state index is 7.00. The summed E-state index contributed by atoms with van der Waals surface area (Å²) in [7, 11) is 0. The standard InChI is InChI=1S/C66H42N4O2/c1-8-28-59-51(21-1)52-22-2-9-29-60(52)67(59)43-17-15-19-47(37-43)71-49-39-46(70-63-32-12-5-25-55(63)56-26-6-13-33-64(56)70)40-50(42-49)72-48-20-16-18-44(38-48)68-65-34-14-7-27-57(65)58-41-45(35-36-66(58)68)69-61-30-10-3-23-53(61)54-24-4-11-31-62(54)69/h1-42H. The van der Waals surface area contributed by atoms with E-state index in [1.54, 1.807) is 0 Å². The van der Waals surface area contributed by atoms with Gasteiger partial charge in [0.25, 0.3) is 0 Å². The van der Waals surface area contributed by atoms with Crippen molar-refractivity contribution in [1.29, 1.82) is 0 Å². The topological polar surface area (TPSA) is 38.2 Å². The van der Waals surface area contributed by atoms with Crippen LogP contribution in [0.3, 0.4) is 0 Å². The molecule has 11 aromatic carbocycles. The molecule has 0 amide bonds. The van der Waals surface area contributed by atoms with E-state index in [-0.39, 0.29) is 0 Å². The van der Waals surface area contributed by atoms with Gasteiger partial charge in [-0.2, -0.15) is 0 Å². The zero-order valence-electron chi connectivity index (χ0n) is 38.9. The Balaban J connectivity index is 0.849. The highest BCUT2D eigenvalue weighted by molar-refractivity contribution is 6.13. The summed E-state index contributed by atoms with van der Waals surface area (Å²) in [5, 5.41) is 9.65. The van der Waals surface area contributed by atoms with Crippen molar-refractivity contribution in [1.82, 2.24) is 18.3 Å². The summed E-state index contributed by atoms with van der Waals surface area (Å²) in [5.74, 6) is 2.73. The van der Waals surface area contributed by atoms with Gasteiger partial charge in [-0.15, -0.1) is 0 Å². The first-order valence-electron chi connectivity index (χ1n) is 24.4. The Labute approximate surface area is 413 Å². The third-order valence-electron chi connectivity index (χ3n) is 14.4. The Morgan fingerprint density at radius 2 is 0.458 bits per heavy atom. The number of rotatable bonds is 8. The molecule has 15 rings (SSSR count). The molecule has 0 saturated carbocycles. The summed E-state index contributed by atoms with van der Waals surface area (Å²) >= 11 is 0. The molecule has 4 heterocycles. The van der Waals surface area contributed by atoms with Crippen LogP contribution in [0.5, 0.6) is 23.0 Å². The number of hydrogen-bond acceptors (Lipinski definition) is 2. The molecule has 0 atom stereocenters. The van der Waals surface area contributed by atoms with Gasteiger partial charge < -0.3 is 27.7 Å². The van der Waals surface area contributed by atoms with Gasteiger partial charge in [0.1, 0.15) is 23.0 Å². The molecule has 6 nitrogen and oxygen atoms in total. The quantitative estimate of drug-likeness (QED) is 0.152. The van der Waals surface area contributed by atoms with Crippen LogP contribution in [0.1, 0.15) is 0 Å². The van der Waals surface area contributed by atoms with Gasteiger partial charge in [-0.05, 0) is 84.9 Å². The van der Waals surface area contributed by atoms with Crippen molar-refractivity contribution in [2.24, 2.45) is 0 Å². The van der Waals surface area contributed by atoms with Gasteiger partial charge in [0, 0.05) is 90.5 Å². The van der Waals surface area contributed by atoms with Crippen LogP contribution in [0.2, 0.25) is 0 Å². The van der Waals surface area contributed by atoms with Crippen LogP contribution >= 0.6 is 0 Å². The predicted octanol–water partition coefficient (Wildman–Crippen LogP) is 17.7. The molecule has 4 aromatic heterocycles. The summed E-state index contributed by atoms with van der Waals surface area (Å²) in [5.41, 5.74) is 13.2. The molecule has 0 aliphatic carbocycles. The molecule has 72 heavy (non-hydrogen) atoms. The molecule has 15 aromatic rings. The Hall–Kier alpha value is -9.78. The minimum atomic E-state index is 0.651. The zero-order valence-corrected chi connectivity index (χ0v) is 38.9. The van der Waals surface area contributed by atoms with Crippen molar-refractivity contribution in [2.45, 2.75) is 0 Å². The lowest BCUT2D eigenvalue weighted by molar-refractivity contribution is 0.460. The summed E-state index contributed by atoms with van der Waals surface area (Å²) in [6.45, 7) is 0. The average molecular weight is 923 g/mol. The maximum atomic E-state index is 7.00. The summed E-state index contributed by atoms with van der Waals surface area (Å²) in [4.78, 5) is 0. The van der Waals surface area contributed by atoms with Crippen molar-refractivity contribution in [3.63, 3.8) is 0 Å². The molecule has 0 saturated heterocycles. The number of fused-ring (bicyclic) bond motifs is 12. The van der Waals surface area contributed by atoms with E-state index < -0.39 is 0 Å². The van der Waals surface area contributed by atoms with Crippen LogP contribution < -0.4 is 9.47 Å². The van der Waals surface area contributed by atoms with E-state index in [2.05, 4.69) is 255 Å². The van der Waals surface area contributed by atoms with E-state index in [0.29, 0.717) is 23.0 Å². The van der Waals surface area contributed by atoms with Crippen molar-refractivity contribution < 1.29 is 9.47 Å². The summed E-state index contributed by atoms with van der Waals surface area (Å²) in [6, 6.07) is 90.2. The van der Waals surface area contributed by atoms with Crippen molar-refractivity contribution in [2.75, 3.05) is 0 Å². The van der Waals surface area contributed by atoms with Gasteiger partial charge in [0.2, 0.25) is 0 Å². The molecule has 0 spiro atoms. The van der Waals surface area contributed by atoms with Crippen LogP contribution in [0.4, 0.5) is 0 Å². The largest absolute Gasteiger partial charge is 0.457 e. The molecule has 0 aliphatic rings. The number of benzene rings is 11. The monoisotopic (exact) mass is 922 g/mol. The molecule has 0 unspecified atom stereocenters. The second-order valence-corrected chi connectivity index (χ2v) is 18.5. The van der Waals surface area contributed by atoms with Gasteiger partial charge in [-0.1, -0.05) is 140 Å². The normalized spacial score (nSPS) is 11.9. The summed E-state index contributed by atoms with van der Waals surface area (Å²) in [6.07, 6.45) is 0. The van der Waals surface area contributed by atoms with E-state index >= 15 is 0 Å². The maximum Gasteiger partial charge on any atom is 0.133 e. The van der Waals surface area contributed by atoms with Gasteiger partial charge >= 0.3 is 0 Å². The molecular formula is C66H42N4O2. The van der Waals surface area contributed by atoms with E-state index in [0.717, 1.165) is 55.8 Å². The highest BCUT2D eigenvalue weighted by Crippen LogP contribution is 2.41. The second-order valence-electron chi connectivity index (χ2n) is 18.5. The fourth-order valence-electron chi connectivity index (χ4n) is 11.4. The molecule has 0 aliphatic heterocycles. The second kappa shape index (κ2) is 15.9. The number of ether oxygens (including phenoxy) is 2. The molecule has 0 N–H and O–H groups in total. The highest BCUT2D eigenvalue weighted by Gasteiger charge is 2.19. The fraction of sp³-hybridized carbons (Fsp3) is 0.